The molecule has 1 aliphatic rings. The second kappa shape index (κ2) is 5.33. The van der Waals surface area contributed by atoms with Crippen LogP contribution in [-0.4, -0.2) is 53.4 Å². The number of nitrogens with one attached hydrogen (secondary N) is 1. The topological polar surface area (TPSA) is 56.4 Å². The first-order valence-electron chi connectivity index (χ1n) is 7.18. The highest BCUT2D eigenvalue weighted by Crippen LogP contribution is 2.19. The number of pyridine rings is 1. The maximum Gasteiger partial charge on any atom is 0.255 e. The zero-order chi connectivity index (χ0) is 15.0. The van der Waals surface area contributed by atoms with Gasteiger partial charge < -0.3 is 14.8 Å². The van der Waals surface area contributed by atoms with Gasteiger partial charge in [-0.2, -0.15) is 0 Å². The molecule has 0 spiro atoms. The minimum atomic E-state index is -0.237. The number of hydrogen-bond donors (Lipinski definition) is 1. The van der Waals surface area contributed by atoms with Gasteiger partial charge in [-0.05, 0) is 20.0 Å². The van der Waals surface area contributed by atoms with Gasteiger partial charge >= 0.3 is 0 Å². The van der Waals surface area contributed by atoms with Crippen molar-refractivity contribution in [2.75, 3.05) is 26.7 Å². The Morgan fingerprint density at radius 1 is 1.29 bits per heavy atom. The minimum Gasteiger partial charge on any atom is -0.333 e. The van der Waals surface area contributed by atoms with Crippen molar-refractivity contribution in [3.63, 3.8) is 0 Å². The highest BCUT2D eigenvalue weighted by molar-refractivity contribution is 6.06. The number of piperazine rings is 1. The van der Waals surface area contributed by atoms with Crippen LogP contribution in [0.5, 0.6) is 0 Å². The highest BCUT2D eigenvalue weighted by Gasteiger charge is 2.27. The summed E-state index contributed by atoms with van der Waals surface area (Å²) >= 11 is 0. The smallest absolute Gasteiger partial charge is 0.255 e. The van der Waals surface area contributed by atoms with Crippen LogP contribution in [0, 0.1) is 0 Å². The van der Waals surface area contributed by atoms with E-state index in [2.05, 4.69) is 16.9 Å². The zero-order valence-electron chi connectivity index (χ0n) is 12.3. The van der Waals surface area contributed by atoms with Crippen molar-refractivity contribution in [1.29, 1.82) is 0 Å². The van der Waals surface area contributed by atoms with E-state index in [0.29, 0.717) is 17.6 Å². The van der Waals surface area contributed by atoms with Crippen LogP contribution in [0.4, 0.5) is 0 Å². The molecule has 21 heavy (non-hydrogen) atoms. The Balaban J connectivity index is 2.04. The van der Waals surface area contributed by atoms with E-state index in [1.54, 1.807) is 0 Å². The molecule has 1 aromatic carbocycles. The average molecular weight is 285 g/mol. The van der Waals surface area contributed by atoms with E-state index in [9.17, 15) is 9.59 Å². The van der Waals surface area contributed by atoms with Gasteiger partial charge in [0.2, 0.25) is 5.56 Å². The maximum absolute atomic E-state index is 12.8. The van der Waals surface area contributed by atoms with E-state index in [-0.39, 0.29) is 17.5 Å². The van der Waals surface area contributed by atoms with Crippen molar-refractivity contribution in [1.82, 2.24) is 14.8 Å². The second-order valence-electron chi connectivity index (χ2n) is 5.70. The summed E-state index contributed by atoms with van der Waals surface area (Å²) in [5.41, 5.74) is 0.958. The Hall–Kier alpha value is -2.14. The largest absolute Gasteiger partial charge is 0.333 e. The number of carbonyl (C=O) groups is 1. The standard InChI is InChI=1S/C16H19N3O2/c1-11-10-18(2)7-8-19(11)16(21)13-9-15(20)17-14-6-4-3-5-12(13)14/h3-6,9,11H,7-8,10H2,1-2H3,(H,17,20)/t11-/m1/s1. The van der Waals surface area contributed by atoms with Gasteiger partial charge in [-0.1, -0.05) is 18.2 Å². The fourth-order valence-corrected chi connectivity index (χ4v) is 2.98. The molecule has 0 radical (unpaired) electrons. The number of rotatable bonds is 1. The Morgan fingerprint density at radius 3 is 2.81 bits per heavy atom. The molecule has 1 saturated heterocycles. The van der Waals surface area contributed by atoms with Gasteiger partial charge in [0.15, 0.2) is 0 Å². The summed E-state index contributed by atoms with van der Waals surface area (Å²) in [7, 11) is 2.06. The minimum absolute atomic E-state index is 0.0575. The Morgan fingerprint density at radius 2 is 2.05 bits per heavy atom. The van der Waals surface area contributed by atoms with Gasteiger partial charge in [-0.15, -0.1) is 0 Å². The van der Waals surface area contributed by atoms with Crippen LogP contribution in [0.1, 0.15) is 17.3 Å². The molecule has 5 heteroatoms. The Bertz CT molecular complexity index is 738. The van der Waals surface area contributed by atoms with Crippen LogP contribution in [0.3, 0.4) is 0 Å². The van der Waals surface area contributed by atoms with Crippen LogP contribution in [0.15, 0.2) is 35.1 Å². The summed E-state index contributed by atoms with van der Waals surface area (Å²) in [5, 5.41) is 0.799. The number of aromatic amines is 1. The van der Waals surface area contributed by atoms with Crippen molar-refractivity contribution in [3.05, 3.63) is 46.2 Å². The maximum atomic E-state index is 12.8. The number of hydrogen-bond acceptors (Lipinski definition) is 3. The number of para-hydroxylation sites is 1. The number of amides is 1. The number of carbonyl (C=O) groups excluding carboxylic acids is 1. The summed E-state index contributed by atoms with van der Waals surface area (Å²) in [6, 6.07) is 8.99. The van der Waals surface area contributed by atoms with E-state index in [1.807, 2.05) is 36.1 Å². The van der Waals surface area contributed by atoms with Crippen LogP contribution in [-0.2, 0) is 0 Å². The number of nitrogens with zero attached hydrogens (tertiary/aromatic N) is 2. The van der Waals surface area contributed by atoms with Gasteiger partial charge in [0.1, 0.15) is 0 Å². The summed E-state index contributed by atoms with van der Waals surface area (Å²) in [5.74, 6) is -0.0575. The van der Waals surface area contributed by atoms with Crippen LogP contribution >= 0.6 is 0 Å². The molecule has 1 fully saturated rings. The van der Waals surface area contributed by atoms with Crippen molar-refractivity contribution in [2.45, 2.75) is 13.0 Å². The van der Waals surface area contributed by atoms with Gasteiger partial charge in [-0.3, -0.25) is 9.59 Å². The van der Waals surface area contributed by atoms with E-state index in [1.165, 1.54) is 6.07 Å². The third kappa shape index (κ3) is 2.56. The third-order valence-electron chi connectivity index (χ3n) is 4.07. The molecule has 0 bridgehead atoms. The van der Waals surface area contributed by atoms with Crippen molar-refractivity contribution in [2.24, 2.45) is 0 Å². The quantitative estimate of drug-likeness (QED) is 0.859. The zero-order valence-corrected chi connectivity index (χ0v) is 12.3. The average Bonchev–Trinajstić information content (AvgIpc) is 2.45. The van der Waals surface area contributed by atoms with E-state index < -0.39 is 0 Å². The molecule has 2 heterocycles. The molecule has 0 saturated carbocycles. The van der Waals surface area contributed by atoms with Gasteiger partial charge in [0.25, 0.3) is 5.91 Å². The van der Waals surface area contributed by atoms with Crippen molar-refractivity contribution in [3.8, 4) is 0 Å². The number of aromatic nitrogens is 1. The third-order valence-corrected chi connectivity index (χ3v) is 4.07. The molecule has 5 nitrogen and oxygen atoms in total. The molecule has 1 aromatic heterocycles. The predicted molar refractivity (Wildman–Crippen MR) is 82.6 cm³/mol. The van der Waals surface area contributed by atoms with Crippen molar-refractivity contribution >= 4 is 16.8 Å². The van der Waals surface area contributed by atoms with E-state index in [4.69, 9.17) is 0 Å². The lowest BCUT2D eigenvalue weighted by Crippen LogP contribution is -2.52. The molecule has 110 valence electrons. The Kier molecular flexibility index (Phi) is 3.51. The van der Waals surface area contributed by atoms with Crippen molar-refractivity contribution < 1.29 is 4.79 Å². The molecular weight excluding hydrogens is 266 g/mol. The van der Waals surface area contributed by atoms with Gasteiger partial charge in [0.05, 0.1) is 5.56 Å². The number of benzene rings is 1. The molecule has 2 aromatic rings. The summed E-state index contributed by atoms with van der Waals surface area (Å²) < 4.78 is 0. The number of H-pyrrole nitrogens is 1. The Labute approximate surface area is 123 Å². The summed E-state index contributed by atoms with van der Waals surface area (Å²) in [4.78, 5) is 31.5. The number of likely N-dealkylation sites (N-methyl/N-ethyl adjacent to an activating group) is 1. The SMILES string of the molecule is C[C@@H]1CN(C)CCN1C(=O)c1cc(=O)[nH]c2ccccc12. The van der Waals surface area contributed by atoms with E-state index in [0.717, 1.165) is 18.5 Å². The monoisotopic (exact) mass is 285 g/mol. The first kappa shape index (κ1) is 13.8. The van der Waals surface area contributed by atoms with Crippen LogP contribution in [0.25, 0.3) is 10.9 Å². The second-order valence-corrected chi connectivity index (χ2v) is 5.70. The fraction of sp³-hybridized carbons (Fsp3) is 0.375. The van der Waals surface area contributed by atoms with Gasteiger partial charge in [0, 0.05) is 42.6 Å². The molecule has 0 aliphatic carbocycles. The molecule has 1 atom stereocenters. The first-order chi connectivity index (χ1) is 10.1. The lowest BCUT2D eigenvalue weighted by atomic mass is 10.1. The molecule has 0 unspecified atom stereocenters. The van der Waals surface area contributed by atoms with Crippen LogP contribution < -0.4 is 5.56 Å². The first-order valence-corrected chi connectivity index (χ1v) is 7.18. The summed E-state index contributed by atoms with van der Waals surface area (Å²) in [6.45, 7) is 4.45. The van der Waals surface area contributed by atoms with E-state index >= 15 is 0 Å². The van der Waals surface area contributed by atoms with Crippen LogP contribution in [0.2, 0.25) is 0 Å². The lowest BCUT2D eigenvalue weighted by Gasteiger charge is -2.38. The molecule has 1 amide bonds. The predicted octanol–water partition coefficient (Wildman–Crippen LogP) is 1.30. The summed E-state index contributed by atoms with van der Waals surface area (Å²) in [6.07, 6.45) is 0. The molecule has 1 N–H and O–H groups in total. The normalized spacial score (nSPS) is 19.9. The van der Waals surface area contributed by atoms with Gasteiger partial charge in [-0.25, -0.2) is 0 Å². The lowest BCUT2D eigenvalue weighted by molar-refractivity contribution is 0.0535. The highest BCUT2D eigenvalue weighted by atomic mass is 16.2. The fourth-order valence-electron chi connectivity index (χ4n) is 2.98. The number of fused-ring (bicyclic) bond motifs is 1. The molecule has 3 rings (SSSR count). The molecule has 1 aliphatic heterocycles. The molecular formula is C16H19N3O2.